The Morgan fingerprint density at radius 1 is 1.41 bits per heavy atom. The summed E-state index contributed by atoms with van der Waals surface area (Å²) in [5.41, 5.74) is 1.35. The maximum atomic E-state index is 4.50. The predicted octanol–water partition coefficient (Wildman–Crippen LogP) is 1.47. The molecule has 1 N–H and O–H groups in total. The number of aromatic nitrogens is 2. The third-order valence-electron chi connectivity index (χ3n) is 3.68. The third-order valence-corrected chi connectivity index (χ3v) is 3.68. The number of rotatable bonds is 5. The van der Waals surface area contributed by atoms with Gasteiger partial charge in [0.15, 0.2) is 0 Å². The minimum absolute atomic E-state index is 0.524. The van der Waals surface area contributed by atoms with Crippen LogP contribution in [0.3, 0.4) is 0 Å². The Balaban J connectivity index is 2.01. The van der Waals surface area contributed by atoms with Gasteiger partial charge in [0.05, 0.1) is 6.04 Å². The molecule has 0 amide bonds. The molecule has 1 aliphatic rings. The average Bonchev–Trinajstić information content (AvgIpc) is 2.64. The summed E-state index contributed by atoms with van der Waals surface area (Å²) in [5, 5.41) is 7.73. The zero-order valence-electron chi connectivity index (χ0n) is 11.3. The average molecular weight is 236 g/mol. The molecule has 1 atom stereocenters. The number of likely N-dealkylation sites (tertiary alicyclic amines) is 1. The van der Waals surface area contributed by atoms with Crippen molar-refractivity contribution in [3.63, 3.8) is 0 Å². The van der Waals surface area contributed by atoms with E-state index in [4.69, 9.17) is 0 Å². The summed E-state index contributed by atoms with van der Waals surface area (Å²) >= 11 is 0. The van der Waals surface area contributed by atoms with Gasteiger partial charge in [0.1, 0.15) is 0 Å². The zero-order chi connectivity index (χ0) is 12.4. The Morgan fingerprint density at radius 2 is 2.12 bits per heavy atom. The van der Waals surface area contributed by atoms with Crippen molar-refractivity contribution in [2.24, 2.45) is 0 Å². The van der Waals surface area contributed by atoms with Crippen molar-refractivity contribution < 1.29 is 0 Å². The monoisotopic (exact) mass is 236 g/mol. The molecule has 0 saturated carbocycles. The molecule has 0 aromatic carbocycles. The number of nitrogens with one attached hydrogen (secondary N) is 1. The maximum Gasteiger partial charge on any atom is 0.0776 e. The van der Waals surface area contributed by atoms with E-state index in [0.717, 1.165) is 19.6 Å². The van der Waals surface area contributed by atoms with E-state index in [1.165, 1.54) is 5.69 Å². The minimum atomic E-state index is 0.524. The van der Waals surface area contributed by atoms with Crippen LogP contribution in [0.1, 0.15) is 38.4 Å². The number of likely N-dealkylation sites (N-methyl/N-ethyl adjacent to an activating group) is 1. The first-order chi connectivity index (χ1) is 8.13. The van der Waals surface area contributed by atoms with Gasteiger partial charge in [0.2, 0.25) is 0 Å². The lowest BCUT2D eigenvalue weighted by Crippen LogP contribution is -2.51. The second kappa shape index (κ2) is 5.19. The molecule has 1 saturated heterocycles. The van der Waals surface area contributed by atoms with Gasteiger partial charge in [-0.15, -0.1) is 0 Å². The fourth-order valence-corrected chi connectivity index (χ4v) is 2.49. The molecule has 96 valence electrons. The Bertz CT molecular complexity index is 352. The summed E-state index contributed by atoms with van der Waals surface area (Å²) in [5.74, 6) is 0.524. The van der Waals surface area contributed by atoms with E-state index in [-0.39, 0.29) is 0 Å². The number of hydrogen-bond donors (Lipinski definition) is 1. The van der Waals surface area contributed by atoms with Gasteiger partial charge >= 0.3 is 0 Å². The lowest BCUT2D eigenvalue weighted by Gasteiger charge is -2.42. The highest BCUT2D eigenvalue weighted by atomic mass is 15.4. The number of nitrogens with zero attached hydrogens (tertiary/aromatic N) is 3. The molecule has 4 nitrogen and oxygen atoms in total. The Kier molecular flexibility index (Phi) is 3.84. The summed E-state index contributed by atoms with van der Waals surface area (Å²) in [6, 6.07) is 3.38. The van der Waals surface area contributed by atoms with E-state index in [1.807, 2.05) is 13.2 Å². The molecule has 4 heteroatoms. The van der Waals surface area contributed by atoms with Crippen LogP contribution >= 0.6 is 0 Å². The Labute approximate surface area is 104 Å². The van der Waals surface area contributed by atoms with Crippen molar-refractivity contribution in [2.45, 2.75) is 38.8 Å². The van der Waals surface area contributed by atoms with Crippen molar-refractivity contribution in [3.8, 4) is 0 Å². The van der Waals surface area contributed by atoms with E-state index >= 15 is 0 Å². The highest BCUT2D eigenvalue weighted by Gasteiger charge is 2.31. The quantitative estimate of drug-likeness (QED) is 0.840. The van der Waals surface area contributed by atoms with Crippen molar-refractivity contribution in [2.75, 3.05) is 26.7 Å². The zero-order valence-corrected chi connectivity index (χ0v) is 11.3. The van der Waals surface area contributed by atoms with E-state index in [1.54, 1.807) is 0 Å². The van der Waals surface area contributed by atoms with Gasteiger partial charge in [-0.05, 0) is 27.0 Å². The molecule has 0 aliphatic carbocycles. The predicted molar refractivity (Wildman–Crippen MR) is 70.3 cm³/mol. The topological polar surface area (TPSA) is 33.1 Å². The van der Waals surface area contributed by atoms with Gasteiger partial charge in [-0.1, -0.05) is 6.92 Å². The SMILES string of the molecule is CNCC(C)c1ccnn1C1CN(C(C)C)C1. The molecule has 17 heavy (non-hydrogen) atoms. The van der Waals surface area contributed by atoms with Crippen LogP contribution in [0.5, 0.6) is 0 Å². The van der Waals surface area contributed by atoms with Crippen LogP contribution in [-0.4, -0.2) is 47.4 Å². The highest BCUT2D eigenvalue weighted by Crippen LogP contribution is 2.26. The molecule has 1 unspecified atom stereocenters. The lowest BCUT2D eigenvalue weighted by atomic mass is 10.0. The van der Waals surface area contributed by atoms with Crippen molar-refractivity contribution in [1.29, 1.82) is 0 Å². The number of hydrogen-bond acceptors (Lipinski definition) is 3. The molecular formula is C13H24N4. The van der Waals surface area contributed by atoms with E-state index < -0.39 is 0 Å². The summed E-state index contributed by atoms with van der Waals surface area (Å²) in [4.78, 5) is 2.48. The minimum Gasteiger partial charge on any atom is -0.319 e. The fourth-order valence-electron chi connectivity index (χ4n) is 2.49. The molecule has 2 heterocycles. The smallest absolute Gasteiger partial charge is 0.0776 e. The Morgan fingerprint density at radius 3 is 2.71 bits per heavy atom. The normalized spacial score (nSPS) is 19.6. The molecular weight excluding hydrogens is 212 g/mol. The molecule has 1 aliphatic heterocycles. The molecule has 0 radical (unpaired) electrons. The lowest BCUT2D eigenvalue weighted by molar-refractivity contribution is 0.0653. The largest absolute Gasteiger partial charge is 0.319 e. The van der Waals surface area contributed by atoms with Crippen LogP contribution < -0.4 is 5.32 Å². The second-order valence-electron chi connectivity index (χ2n) is 5.36. The van der Waals surface area contributed by atoms with Crippen LogP contribution in [-0.2, 0) is 0 Å². The van der Waals surface area contributed by atoms with Crippen molar-refractivity contribution in [3.05, 3.63) is 18.0 Å². The summed E-state index contributed by atoms with van der Waals surface area (Å²) < 4.78 is 2.22. The van der Waals surface area contributed by atoms with Crippen LogP contribution in [0, 0.1) is 0 Å². The van der Waals surface area contributed by atoms with E-state index in [0.29, 0.717) is 18.0 Å². The third kappa shape index (κ3) is 2.53. The molecule has 0 bridgehead atoms. The van der Waals surface area contributed by atoms with Gasteiger partial charge < -0.3 is 5.32 Å². The first-order valence-corrected chi connectivity index (χ1v) is 6.55. The van der Waals surface area contributed by atoms with Gasteiger partial charge in [0, 0.05) is 43.5 Å². The summed E-state index contributed by atoms with van der Waals surface area (Å²) in [7, 11) is 2.00. The summed E-state index contributed by atoms with van der Waals surface area (Å²) in [6.45, 7) is 10.0. The highest BCUT2D eigenvalue weighted by molar-refractivity contribution is 5.10. The van der Waals surface area contributed by atoms with Crippen LogP contribution in [0.15, 0.2) is 12.3 Å². The van der Waals surface area contributed by atoms with Crippen LogP contribution in [0.2, 0.25) is 0 Å². The molecule has 1 aromatic heterocycles. The summed E-state index contributed by atoms with van der Waals surface area (Å²) in [6.07, 6.45) is 1.93. The molecule has 1 fully saturated rings. The first-order valence-electron chi connectivity index (χ1n) is 6.55. The molecule has 0 spiro atoms. The fraction of sp³-hybridized carbons (Fsp3) is 0.769. The Hall–Kier alpha value is -0.870. The van der Waals surface area contributed by atoms with Crippen molar-refractivity contribution in [1.82, 2.24) is 20.0 Å². The van der Waals surface area contributed by atoms with Gasteiger partial charge in [0.25, 0.3) is 0 Å². The molecule has 1 aromatic rings. The first kappa shape index (κ1) is 12.6. The van der Waals surface area contributed by atoms with Crippen LogP contribution in [0.25, 0.3) is 0 Å². The van der Waals surface area contributed by atoms with Crippen LogP contribution in [0.4, 0.5) is 0 Å². The van der Waals surface area contributed by atoms with E-state index in [9.17, 15) is 0 Å². The van der Waals surface area contributed by atoms with Gasteiger partial charge in [-0.3, -0.25) is 9.58 Å². The standard InChI is InChI=1S/C13H24N4/c1-10(2)16-8-12(9-16)17-13(5-6-15-17)11(3)7-14-4/h5-6,10-12,14H,7-9H2,1-4H3. The molecule has 2 rings (SSSR count). The maximum absolute atomic E-state index is 4.50. The van der Waals surface area contributed by atoms with Crippen molar-refractivity contribution >= 4 is 0 Å². The van der Waals surface area contributed by atoms with E-state index in [2.05, 4.69) is 46.8 Å². The van der Waals surface area contributed by atoms with Gasteiger partial charge in [-0.25, -0.2) is 0 Å². The van der Waals surface area contributed by atoms with Gasteiger partial charge in [-0.2, -0.15) is 5.10 Å². The second-order valence-corrected chi connectivity index (χ2v) is 5.36.